The Labute approximate surface area is 169 Å². The zero-order valence-electron chi connectivity index (χ0n) is 16.6. The Balaban J connectivity index is 1.79. The number of ether oxygens (including phenoxy) is 1. The van der Waals surface area contributed by atoms with Crippen LogP contribution in [0.5, 0.6) is 0 Å². The molecular weight excluding hydrogens is 409 g/mol. The number of sulfone groups is 1. The van der Waals surface area contributed by atoms with Crippen LogP contribution in [0.25, 0.3) is 0 Å². The van der Waals surface area contributed by atoms with Crippen LogP contribution in [0.3, 0.4) is 0 Å². The van der Waals surface area contributed by atoms with E-state index in [4.69, 9.17) is 4.74 Å². The van der Waals surface area contributed by atoms with Gasteiger partial charge in [-0.1, -0.05) is 6.07 Å². The highest BCUT2D eigenvalue weighted by atomic mass is 32.2. The van der Waals surface area contributed by atoms with Gasteiger partial charge in [-0.15, -0.1) is 0 Å². The maximum absolute atomic E-state index is 12.9. The highest BCUT2D eigenvalue weighted by Crippen LogP contribution is 2.31. The van der Waals surface area contributed by atoms with Crippen molar-refractivity contribution in [3.63, 3.8) is 0 Å². The van der Waals surface area contributed by atoms with Gasteiger partial charge in [0, 0.05) is 51.7 Å². The number of halogens is 3. The number of piperazine rings is 1. The van der Waals surface area contributed by atoms with E-state index in [0.29, 0.717) is 51.0 Å². The van der Waals surface area contributed by atoms with Crippen LogP contribution in [0.2, 0.25) is 0 Å². The van der Waals surface area contributed by atoms with Gasteiger partial charge in [0.2, 0.25) is 0 Å². The molecule has 0 saturated carbocycles. The molecule has 0 amide bonds. The van der Waals surface area contributed by atoms with Gasteiger partial charge in [0.1, 0.15) is 9.84 Å². The maximum atomic E-state index is 12.9. The van der Waals surface area contributed by atoms with Crippen LogP contribution < -0.4 is 10.2 Å². The molecule has 11 heteroatoms. The number of anilines is 1. The molecule has 0 unspecified atom stereocenters. The van der Waals surface area contributed by atoms with Gasteiger partial charge >= 0.3 is 6.18 Å². The standard InChI is InChI=1S/C18H27F3N4O3S/c1-22-17(23-6-11-28-12-13-29(2,26)27)25-9-7-24(8-10-25)16-5-3-4-15(14-16)18(19,20)21/h3-5,14H,6-13H2,1-2H3,(H,22,23). The number of hydrogen-bond acceptors (Lipinski definition) is 5. The first-order valence-electron chi connectivity index (χ1n) is 9.23. The number of alkyl halides is 3. The van der Waals surface area contributed by atoms with E-state index in [1.54, 1.807) is 13.1 Å². The molecule has 1 aromatic carbocycles. The fourth-order valence-corrected chi connectivity index (χ4v) is 3.36. The topological polar surface area (TPSA) is 74.2 Å². The molecule has 0 aromatic heterocycles. The molecule has 29 heavy (non-hydrogen) atoms. The van der Waals surface area contributed by atoms with E-state index >= 15 is 0 Å². The fraction of sp³-hybridized carbons (Fsp3) is 0.611. The molecule has 1 aliphatic heterocycles. The van der Waals surface area contributed by atoms with E-state index in [0.717, 1.165) is 12.3 Å². The van der Waals surface area contributed by atoms with Crippen LogP contribution in [-0.4, -0.2) is 84.3 Å². The Kier molecular flexibility index (Phi) is 8.14. The van der Waals surface area contributed by atoms with Gasteiger partial charge in [0.15, 0.2) is 5.96 Å². The summed E-state index contributed by atoms with van der Waals surface area (Å²) in [6.07, 6.45) is -3.19. The van der Waals surface area contributed by atoms with Crippen molar-refractivity contribution in [3.05, 3.63) is 29.8 Å². The molecule has 0 aliphatic carbocycles. The van der Waals surface area contributed by atoms with Crippen LogP contribution in [0.4, 0.5) is 18.9 Å². The summed E-state index contributed by atoms with van der Waals surface area (Å²) in [7, 11) is -1.37. The Morgan fingerprint density at radius 1 is 1.21 bits per heavy atom. The van der Waals surface area contributed by atoms with E-state index in [-0.39, 0.29) is 12.4 Å². The Morgan fingerprint density at radius 2 is 1.90 bits per heavy atom. The van der Waals surface area contributed by atoms with E-state index in [9.17, 15) is 21.6 Å². The van der Waals surface area contributed by atoms with Crippen LogP contribution >= 0.6 is 0 Å². The van der Waals surface area contributed by atoms with Gasteiger partial charge in [-0.25, -0.2) is 8.42 Å². The molecule has 0 atom stereocenters. The maximum Gasteiger partial charge on any atom is 0.416 e. The quantitative estimate of drug-likeness (QED) is 0.396. The van der Waals surface area contributed by atoms with Gasteiger partial charge in [0.25, 0.3) is 0 Å². The number of guanidine groups is 1. The second kappa shape index (κ2) is 10.1. The van der Waals surface area contributed by atoms with Crippen molar-refractivity contribution in [2.45, 2.75) is 6.18 Å². The molecule has 164 valence electrons. The summed E-state index contributed by atoms with van der Waals surface area (Å²) in [6, 6.07) is 5.36. The van der Waals surface area contributed by atoms with Gasteiger partial charge in [-0.2, -0.15) is 13.2 Å². The molecule has 1 fully saturated rings. The number of rotatable bonds is 7. The number of benzene rings is 1. The van der Waals surface area contributed by atoms with Crippen molar-refractivity contribution in [1.29, 1.82) is 0 Å². The number of nitrogens with one attached hydrogen (secondary N) is 1. The molecule has 0 spiro atoms. The zero-order valence-corrected chi connectivity index (χ0v) is 17.4. The van der Waals surface area contributed by atoms with E-state index in [1.807, 2.05) is 9.80 Å². The van der Waals surface area contributed by atoms with Crippen molar-refractivity contribution >= 4 is 21.5 Å². The monoisotopic (exact) mass is 436 g/mol. The lowest BCUT2D eigenvalue weighted by Crippen LogP contribution is -2.53. The predicted molar refractivity (Wildman–Crippen MR) is 107 cm³/mol. The number of nitrogens with zero attached hydrogens (tertiary/aromatic N) is 3. The Hall–Kier alpha value is -2.01. The summed E-state index contributed by atoms with van der Waals surface area (Å²) in [5, 5.41) is 3.15. The molecule has 7 nitrogen and oxygen atoms in total. The lowest BCUT2D eigenvalue weighted by atomic mass is 10.1. The van der Waals surface area contributed by atoms with Crippen molar-refractivity contribution < 1.29 is 26.3 Å². The fourth-order valence-electron chi connectivity index (χ4n) is 2.94. The molecule has 1 N–H and O–H groups in total. The summed E-state index contributed by atoms with van der Waals surface area (Å²) < 4.78 is 66.1. The summed E-state index contributed by atoms with van der Waals surface area (Å²) in [5.74, 6) is 0.666. The van der Waals surface area contributed by atoms with Crippen LogP contribution in [-0.2, 0) is 20.8 Å². The minimum Gasteiger partial charge on any atom is -0.379 e. The Bertz CT molecular complexity index is 792. The molecule has 0 radical (unpaired) electrons. The SMILES string of the molecule is CN=C(NCCOCCS(C)(=O)=O)N1CCN(c2cccc(C(F)(F)F)c2)CC1. The summed E-state index contributed by atoms with van der Waals surface area (Å²) in [4.78, 5) is 8.18. The smallest absolute Gasteiger partial charge is 0.379 e. The molecular formula is C18H27F3N4O3S. The Morgan fingerprint density at radius 3 is 2.48 bits per heavy atom. The molecule has 1 heterocycles. The normalized spacial score (nSPS) is 16.2. The third-order valence-corrected chi connectivity index (χ3v) is 5.37. The molecule has 1 aromatic rings. The molecule has 0 bridgehead atoms. The third kappa shape index (κ3) is 7.73. The summed E-state index contributed by atoms with van der Waals surface area (Å²) >= 11 is 0. The van der Waals surface area contributed by atoms with Gasteiger partial charge in [0.05, 0.1) is 24.5 Å². The summed E-state index contributed by atoms with van der Waals surface area (Å²) in [5.41, 5.74) is -0.0903. The first kappa shape index (κ1) is 23.3. The van der Waals surface area contributed by atoms with E-state index < -0.39 is 21.6 Å². The predicted octanol–water partition coefficient (Wildman–Crippen LogP) is 1.46. The van der Waals surface area contributed by atoms with E-state index in [2.05, 4.69) is 10.3 Å². The van der Waals surface area contributed by atoms with Crippen molar-refractivity contribution in [1.82, 2.24) is 10.2 Å². The first-order chi connectivity index (χ1) is 13.6. The minimum absolute atomic E-state index is 0.0147. The highest BCUT2D eigenvalue weighted by Gasteiger charge is 2.31. The number of hydrogen-bond donors (Lipinski definition) is 1. The molecule has 2 rings (SSSR count). The van der Waals surface area contributed by atoms with Crippen LogP contribution in [0, 0.1) is 0 Å². The lowest BCUT2D eigenvalue weighted by Gasteiger charge is -2.37. The zero-order chi connectivity index (χ0) is 21.5. The first-order valence-corrected chi connectivity index (χ1v) is 11.3. The summed E-state index contributed by atoms with van der Waals surface area (Å²) in [6.45, 7) is 3.35. The second-order valence-corrected chi connectivity index (χ2v) is 9.00. The average molecular weight is 437 g/mol. The third-order valence-electron chi connectivity index (χ3n) is 4.46. The van der Waals surface area contributed by atoms with E-state index in [1.165, 1.54) is 12.1 Å². The molecule has 1 saturated heterocycles. The lowest BCUT2D eigenvalue weighted by molar-refractivity contribution is -0.137. The minimum atomic E-state index is -4.35. The second-order valence-electron chi connectivity index (χ2n) is 6.74. The highest BCUT2D eigenvalue weighted by molar-refractivity contribution is 7.90. The number of aliphatic imine (C=N–C) groups is 1. The van der Waals surface area contributed by atoms with Crippen molar-refractivity contribution in [3.8, 4) is 0 Å². The molecule has 1 aliphatic rings. The van der Waals surface area contributed by atoms with Crippen LogP contribution in [0.1, 0.15) is 5.56 Å². The van der Waals surface area contributed by atoms with Crippen molar-refractivity contribution in [2.75, 3.05) is 69.9 Å². The van der Waals surface area contributed by atoms with Gasteiger partial charge < -0.3 is 19.9 Å². The van der Waals surface area contributed by atoms with Crippen molar-refractivity contribution in [2.24, 2.45) is 4.99 Å². The largest absolute Gasteiger partial charge is 0.416 e. The van der Waals surface area contributed by atoms with Gasteiger partial charge in [-0.05, 0) is 18.2 Å². The average Bonchev–Trinajstić information content (AvgIpc) is 2.66. The van der Waals surface area contributed by atoms with Gasteiger partial charge in [-0.3, -0.25) is 4.99 Å². The van der Waals surface area contributed by atoms with Crippen LogP contribution in [0.15, 0.2) is 29.3 Å².